The zero-order chi connectivity index (χ0) is 14.7. The number of carboxylic acids is 1. The van der Waals surface area contributed by atoms with Crippen molar-refractivity contribution in [3.05, 3.63) is 39.4 Å². The van der Waals surface area contributed by atoms with Gasteiger partial charge in [0.2, 0.25) is 0 Å². The molecular weight excluding hydrogens is 264 g/mol. The molecule has 20 heavy (non-hydrogen) atoms. The maximum absolute atomic E-state index is 11.3. The van der Waals surface area contributed by atoms with Crippen molar-refractivity contribution in [1.29, 1.82) is 0 Å². The molecular formula is C13H16N2O5. The average Bonchev–Trinajstić information content (AvgIpc) is 2.85. The van der Waals surface area contributed by atoms with Crippen molar-refractivity contribution in [2.75, 3.05) is 20.2 Å². The molecule has 1 unspecified atom stereocenters. The van der Waals surface area contributed by atoms with Gasteiger partial charge in [-0.05, 0) is 12.0 Å². The van der Waals surface area contributed by atoms with Crippen LogP contribution in [-0.2, 0) is 11.3 Å². The summed E-state index contributed by atoms with van der Waals surface area (Å²) in [6.45, 7) is 1.88. The van der Waals surface area contributed by atoms with Gasteiger partial charge in [0, 0.05) is 32.8 Å². The van der Waals surface area contributed by atoms with Gasteiger partial charge in [0.1, 0.15) is 5.56 Å². The molecule has 1 heterocycles. The van der Waals surface area contributed by atoms with Gasteiger partial charge in [-0.25, -0.2) is 4.79 Å². The Kier molecular flexibility index (Phi) is 4.31. The van der Waals surface area contributed by atoms with E-state index in [4.69, 9.17) is 4.74 Å². The molecule has 7 heteroatoms. The molecule has 0 aromatic heterocycles. The number of carboxylic acid groups (broad SMARTS) is 1. The Balaban J connectivity index is 2.25. The van der Waals surface area contributed by atoms with Gasteiger partial charge in [-0.3, -0.25) is 15.0 Å². The summed E-state index contributed by atoms with van der Waals surface area (Å²) in [4.78, 5) is 23.6. The minimum atomic E-state index is -1.27. The monoisotopic (exact) mass is 280 g/mol. The molecule has 7 nitrogen and oxygen atoms in total. The third-order valence-corrected chi connectivity index (χ3v) is 3.50. The minimum absolute atomic E-state index is 0.141. The number of carbonyl (C=O) groups is 1. The molecule has 1 aromatic carbocycles. The summed E-state index contributed by atoms with van der Waals surface area (Å²) in [5.41, 5.74) is -0.126. The zero-order valence-electron chi connectivity index (χ0n) is 11.1. The summed E-state index contributed by atoms with van der Waals surface area (Å²) in [6, 6.07) is 4.36. The maximum Gasteiger partial charge on any atom is 0.343 e. The van der Waals surface area contributed by atoms with Gasteiger partial charge in [0.25, 0.3) is 5.69 Å². The number of aromatic carboxylic acids is 1. The highest BCUT2D eigenvalue weighted by molar-refractivity contribution is 5.94. The lowest BCUT2D eigenvalue weighted by atomic mass is 10.0. The van der Waals surface area contributed by atoms with Crippen molar-refractivity contribution in [3.8, 4) is 0 Å². The fourth-order valence-corrected chi connectivity index (χ4v) is 2.49. The predicted octanol–water partition coefficient (Wildman–Crippen LogP) is 1.51. The molecule has 0 saturated carbocycles. The molecule has 1 aliphatic heterocycles. The Morgan fingerprint density at radius 1 is 1.60 bits per heavy atom. The van der Waals surface area contributed by atoms with Gasteiger partial charge in [0.15, 0.2) is 0 Å². The zero-order valence-corrected chi connectivity index (χ0v) is 11.1. The fraction of sp³-hybridized carbons (Fsp3) is 0.462. The second-order valence-corrected chi connectivity index (χ2v) is 4.76. The number of methoxy groups -OCH3 is 1. The van der Waals surface area contributed by atoms with Crippen molar-refractivity contribution in [3.63, 3.8) is 0 Å². The van der Waals surface area contributed by atoms with Gasteiger partial charge in [-0.1, -0.05) is 12.1 Å². The molecule has 0 spiro atoms. The van der Waals surface area contributed by atoms with Crippen LogP contribution in [0.1, 0.15) is 22.3 Å². The molecule has 2 rings (SSSR count). The van der Waals surface area contributed by atoms with Crippen LogP contribution in [0.2, 0.25) is 0 Å². The highest BCUT2D eigenvalue weighted by Gasteiger charge is 2.27. The van der Waals surface area contributed by atoms with E-state index in [1.54, 1.807) is 13.2 Å². The topological polar surface area (TPSA) is 92.9 Å². The number of nitro groups is 1. The van der Waals surface area contributed by atoms with Crippen LogP contribution in [0.4, 0.5) is 5.69 Å². The molecule has 1 aliphatic rings. The van der Waals surface area contributed by atoms with Crippen LogP contribution in [-0.4, -0.2) is 47.2 Å². The van der Waals surface area contributed by atoms with E-state index in [9.17, 15) is 20.0 Å². The highest BCUT2D eigenvalue weighted by Crippen LogP contribution is 2.25. The number of nitrogens with zero attached hydrogens (tertiary/aromatic N) is 2. The van der Waals surface area contributed by atoms with Crippen LogP contribution < -0.4 is 0 Å². The molecule has 1 atom stereocenters. The van der Waals surface area contributed by atoms with Crippen LogP contribution in [0.5, 0.6) is 0 Å². The van der Waals surface area contributed by atoms with E-state index in [1.807, 2.05) is 4.90 Å². The lowest BCUT2D eigenvalue weighted by Gasteiger charge is -2.16. The molecule has 1 saturated heterocycles. The fourth-order valence-electron chi connectivity index (χ4n) is 2.49. The molecule has 0 radical (unpaired) electrons. The summed E-state index contributed by atoms with van der Waals surface area (Å²) in [5, 5.41) is 20.1. The number of likely N-dealkylation sites (tertiary alicyclic amines) is 1. The summed E-state index contributed by atoms with van der Waals surface area (Å²) >= 11 is 0. The number of hydrogen-bond donors (Lipinski definition) is 1. The molecule has 0 aliphatic carbocycles. The van der Waals surface area contributed by atoms with Gasteiger partial charge in [-0.2, -0.15) is 0 Å². The Hall–Kier alpha value is -1.99. The van der Waals surface area contributed by atoms with E-state index < -0.39 is 10.9 Å². The first-order chi connectivity index (χ1) is 9.52. The summed E-state index contributed by atoms with van der Waals surface area (Å²) in [5.74, 6) is -1.27. The van der Waals surface area contributed by atoms with Crippen LogP contribution in [0.15, 0.2) is 18.2 Å². The van der Waals surface area contributed by atoms with Crippen LogP contribution in [0.25, 0.3) is 0 Å². The standard InChI is InChI=1S/C13H16N2O5/c1-20-10-5-6-14(8-10)7-9-3-2-4-11(15(18)19)12(9)13(16)17/h2-4,10H,5-8H2,1H3,(H,16,17). The van der Waals surface area contributed by atoms with Gasteiger partial charge < -0.3 is 9.84 Å². The first-order valence-corrected chi connectivity index (χ1v) is 6.27. The normalized spacial score (nSPS) is 19.1. The van der Waals surface area contributed by atoms with Gasteiger partial charge in [-0.15, -0.1) is 0 Å². The summed E-state index contributed by atoms with van der Waals surface area (Å²) in [7, 11) is 1.64. The SMILES string of the molecule is COC1CCN(Cc2cccc([N+](=O)[O-])c2C(=O)O)C1. The first kappa shape index (κ1) is 14.4. The Morgan fingerprint density at radius 2 is 2.35 bits per heavy atom. The second-order valence-electron chi connectivity index (χ2n) is 4.76. The second kappa shape index (κ2) is 5.98. The molecule has 0 bridgehead atoms. The third-order valence-electron chi connectivity index (χ3n) is 3.50. The number of benzene rings is 1. The quantitative estimate of drug-likeness (QED) is 0.649. The Morgan fingerprint density at radius 3 is 2.90 bits per heavy atom. The predicted molar refractivity (Wildman–Crippen MR) is 70.7 cm³/mol. The molecule has 108 valence electrons. The average molecular weight is 280 g/mol. The van der Waals surface area contributed by atoms with Crippen molar-refractivity contribution in [2.24, 2.45) is 0 Å². The molecule has 1 N–H and O–H groups in total. The number of rotatable bonds is 5. The lowest BCUT2D eigenvalue weighted by Crippen LogP contribution is -2.23. The highest BCUT2D eigenvalue weighted by atomic mass is 16.6. The smallest absolute Gasteiger partial charge is 0.343 e. The Labute approximate surface area is 115 Å². The van der Waals surface area contributed by atoms with Crippen molar-refractivity contribution >= 4 is 11.7 Å². The van der Waals surface area contributed by atoms with Crippen molar-refractivity contribution in [2.45, 2.75) is 19.1 Å². The maximum atomic E-state index is 11.3. The van der Waals surface area contributed by atoms with E-state index in [0.717, 1.165) is 13.0 Å². The van der Waals surface area contributed by atoms with E-state index in [-0.39, 0.29) is 17.4 Å². The number of nitro benzene ring substituents is 1. The van der Waals surface area contributed by atoms with Crippen LogP contribution in [0.3, 0.4) is 0 Å². The molecule has 1 fully saturated rings. The largest absolute Gasteiger partial charge is 0.477 e. The van der Waals surface area contributed by atoms with Crippen molar-refractivity contribution < 1.29 is 19.6 Å². The first-order valence-electron chi connectivity index (χ1n) is 6.27. The van der Waals surface area contributed by atoms with Crippen LogP contribution in [0, 0.1) is 10.1 Å². The third kappa shape index (κ3) is 2.94. The molecule has 0 amide bonds. The van der Waals surface area contributed by atoms with Crippen LogP contribution >= 0.6 is 0 Å². The molecule has 1 aromatic rings. The number of hydrogen-bond acceptors (Lipinski definition) is 5. The van der Waals surface area contributed by atoms with E-state index in [1.165, 1.54) is 12.1 Å². The minimum Gasteiger partial charge on any atom is -0.477 e. The van der Waals surface area contributed by atoms with E-state index in [0.29, 0.717) is 18.7 Å². The lowest BCUT2D eigenvalue weighted by molar-refractivity contribution is -0.385. The van der Waals surface area contributed by atoms with Gasteiger partial charge in [0.05, 0.1) is 11.0 Å². The van der Waals surface area contributed by atoms with E-state index in [2.05, 4.69) is 0 Å². The van der Waals surface area contributed by atoms with Crippen molar-refractivity contribution in [1.82, 2.24) is 4.90 Å². The summed E-state index contributed by atoms with van der Waals surface area (Å²) < 4.78 is 5.25. The van der Waals surface area contributed by atoms with Gasteiger partial charge >= 0.3 is 5.97 Å². The van der Waals surface area contributed by atoms with E-state index >= 15 is 0 Å². The summed E-state index contributed by atoms with van der Waals surface area (Å²) in [6.07, 6.45) is 1.02. The number of ether oxygens (including phenoxy) is 1. The Bertz CT molecular complexity index is 531.